The Morgan fingerprint density at radius 3 is 2.88 bits per heavy atom. The molecule has 1 unspecified atom stereocenters. The molecule has 1 atom stereocenters. The second-order valence-corrected chi connectivity index (χ2v) is 5.42. The van der Waals surface area contributed by atoms with Gasteiger partial charge in [0.15, 0.2) is 0 Å². The summed E-state index contributed by atoms with van der Waals surface area (Å²) >= 11 is 0. The SMILES string of the molecule is Cc1ccc(CN(C)CC2(C)CCNC2)o1. The molecule has 1 N–H and O–H groups in total. The first-order valence-electron chi connectivity index (χ1n) is 6.02. The zero-order valence-corrected chi connectivity index (χ0v) is 10.5. The van der Waals surface area contributed by atoms with Crippen LogP contribution in [0.4, 0.5) is 0 Å². The normalized spacial score (nSPS) is 25.5. The number of furan rings is 1. The molecule has 3 heteroatoms. The largest absolute Gasteiger partial charge is 0.465 e. The van der Waals surface area contributed by atoms with E-state index in [1.807, 2.05) is 13.0 Å². The van der Waals surface area contributed by atoms with Gasteiger partial charge < -0.3 is 9.73 Å². The minimum absolute atomic E-state index is 0.427. The van der Waals surface area contributed by atoms with Crippen LogP contribution in [0.1, 0.15) is 24.9 Å². The van der Waals surface area contributed by atoms with E-state index in [-0.39, 0.29) is 0 Å². The summed E-state index contributed by atoms with van der Waals surface area (Å²) < 4.78 is 5.59. The molecule has 90 valence electrons. The molecule has 1 aliphatic rings. The Balaban J connectivity index is 1.86. The van der Waals surface area contributed by atoms with Gasteiger partial charge >= 0.3 is 0 Å². The molecule has 1 aromatic rings. The maximum atomic E-state index is 5.59. The molecule has 0 amide bonds. The van der Waals surface area contributed by atoms with E-state index >= 15 is 0 Å². The molecule has 1 saturated heterocycles. The number of nitrogens with zero attached hydrogens (tertiary/aromatic N) is 1. The lowest BCUT2D eigenvalue weighted by molar-refractivity contribution is 0.192. The van der Waals surface area contributed by atoms with Crippen molar-refractivity contribution in [3.8, 4) is 0 Å². The van der Waals surface area contributed by atoms with Gasteiger partial charge in [-0.2, -0.15) is 0 Å². The van der Waals surface area contributed by atoms with Crippen molar-refractivity contribution in [1.82, 2.24) is 10.2 Å². The standard InChI is InChI=1S/C13H22N2O/c1-11-4-5-12(16-11)8-15(3)10-13(2)6-7-14-9-13/h4-5,14H,6-10H2,1-3H3. The summed E-state index contributed by atoms with van der Waals surface area (Å²) in [5, 5.41) is 3.44. The average Bonchev–Trinajstić information content (AvgIpc) is 2.75. The molecule has 0 radical (unpaired) electrons. The van der Waals surface area contributed by atoms with Crippen LogP contribution < -0.4 is 5.32 Å². The van der Waals surface area contributed by atoms with Crippen LogP contribution in [0.25, 0.3) is 0 Å². The summed E-state index contributed by atoms with van der Waals surface area (Å²) in [5.74, 6) is 2.06. The fourth-order valence-electron chi connectivity index (χ4n) is 2.55. The molecule has 2 heterocycles. The summed E-state index contributed by atoms with van der Waals surface area (Å²) in [6, 6.07) is 4.10. The van der Waals surface area contributed by atoms with Crippen LogP contribution >= 0.6 is 0 Å². The second kappa shape index (κ2) is 4.60. The smallest absolute Gasteiger partial charge is 0.118 e. The van der Waals surface area contributed by atoms with Crippen molar-refractivity contribution in [1.29, 1.82) is 0 Å². The first-order valence-corrected chi connectivity index (χ1v) is 6.02. The molecule has 2 rings (SSSR count). The Bertz CT molecular complexity index is 339. The molecule has 1 aliphatic heterocycles. The summed E-state index contributed by atoms with van der Waals surface area (Å²) in [7, 11) is 2.17. The first kappa shape index (κ1) is 11.7. The highest BCUT2D eigenvalue weighted by Crippen LogP contribution is 2.25. The molecule has 3 nitrogen and oxygen atoms in total. The molecule has 0 spiro atoms. The Labute approximate surface area is 97.8 Å². The third-order valence-electron chi connectivity index (χ3n) is 3.33. The summed E-state index contributed by atoms with van der Waals surface area (Å²) in [5.41, 5.74) is 0.427. The Kier molecular flexibility index (Phi) is 3.36. The minimum atomic E-state index is 0.427. The maximum Gasteiger partial charge on any atom is 0.118 e. The van der Waals surface area contributed by atoms with Crippen LogP contribution in [0, 0.1) is 12.3 Å². The molecule has 0 aliphatic carbocycles. The van der Waals surface area contributed by atoms with Crippen molar-refractivity contribution in [2.24, 2.45) is 5.41 Å². The van der Waals surface area contributed by atoms with Gasteiger partial charge in [0.25, 0.3) is 0 Å². The van der Waals surface area contributed by atoms with Gasteiger partial charge in [0.1, 0.15) is 11.5 Å². The van der Waals surface area contributed by atoms with Crippen LogP contribution in [0.2, 0.25) is 0 Å². The fourth-order valence-corrected chi connectivity index (χ4v) is 2.55. The van der Waals surface area contributed by atoms with Crippen molar-refractivity contribution in [2.75, 3.05) is 26.7 Å². The van der Waals surface area contributed by atoms with E-state index in [9.17, 15) is 0 Å². The Morgan fingerprint density at radius 1 is 1.50 bits per heavy atom. The number of rotatable bonds is 4. The van der Waals surface area contributed by atoms with Crippen LogP contribution in [-0.2, 0) is 6.54 Å². The van der Waals surface area contributed by atoms with E-state index in [2.05, 4.69) is 30.3 Å². The van der Waals surface area contributed by atoms with E-state index in [0.29, 0.717) is 5.41 Å². The maximum absolute atomic E-state index is 5.59. The van der Waals surface area contributed by atoms with Crippen LogP contribution in [0.15, 0.2) is 16.5 Å². The zero-order chi connectivity index (χ0) is 11.6. The Morgan fingerprint density at radius 2 is 2.31 bits per heavy atom. The third-order valence-corrected chi connectivity index (χ3v) is 3.33. The average molecular weight is 222 g/mol. The van der Waals surface area contributed by atoms with Crippen LogP contribution in [0.3, 0.4) is 0 Å². The highest BCUT2D eigenvalue weighted by atomic mass is 16.3. The van der Waals surface area contributed by atoms with Crippen molar-refractivity contribution in [3.63, 3.8) is 0 Å². The fraction of sp³-hybridized carbons (Fsp3) is 0.692. The molecule has 1 fully saturated rings. The van der Waals surface area contributed by atoms with Gasteiger partial charge in [0, 0.05) is 13.1 Å². The quantitative estimate of drug-likeness (QED) is 0.845. The lowest BCUT2D eigenvalue weighted by Gasteiger charge is -2.28. The molecular formula is C13H22N2O. The predicted molar refractivity (Wildman–Crippen MR) is 65.4 cm³/mol. The van der Waals surface area contributed by atoms with Gasteiger partial charge in [0.2, 0.25) is 0 Å². The van der Waals surface area contributed by atoms with Gasteiger partial charge in [-0.15, -0.1) is 0 Å². The van der Waals surface area contributed by atoms with Crippen LogP contribution in [-0.4, -0.2) is 31.6 Å². The summed E-state index contributed by atoms with van der Waals surface area (Å²) in [4.78, 5) is 2.35. The number of aryl methyl sites for hydroxylation is 1. The topological polar surface area (TPSA) is 28.4 Å². The molecule has 0 aromatic carbocycles. The predicted octanol–water partition coefficient (Wildman–Crippen LogP) is 2.02. The van der Waals surface area contributed by atoms with Gasteiger partial charge in [0.05, 0.1) is 6.54 Å². The summed E-state index contributed by atoms with van der Waals surface area (Å²) in [6.45, 7) is 8.67. The van der Waals surface area contributed by atoms with Gasteiger partial charge in [-0.3, -0.25) is 4.90 Å². The molecule has 16 heavy (non-hydrogen) atoms. The zero-order valence-electron chi connectivity index (χ0n) is 10.5. The van der Waals surface area contributed by atoms with Crippen LogP contribution in [0.5, 0.6) is 0 Å². The van der Waals surface area contributed by atoms with Gasteiger partial charge in [-0.25, -0.2) is 0 Å². The highest BCUT2D eigenvalue weighted by Gasteiger charge is 2.29. The second-order valence-electron chi connectivity index (χ2n) is 5.42. The highest BCUT2D eigenvalue weighted by molar-refractivity contribution is 5.05. The van der Waals surface area contributed by atoms with Crippen molar-refractivity contribution in [3.05, 3.63) is 23.7 Å². The third kappa shape index (κ3) is 2.86. The lowest BCUT2D eigenvalue weighted by Crippen LogP contribution is -2.34. The Hall–Kier alpha value is -0.800. The minimum Gasteiger partial charge on any atom is -0.465 e. The molecular weight excluding hydrogens is 200 g/mol. The van der Waals surface area contributed by atoms with Crippen molar-refractivity contribution >= 4 is 0 Å². The van der Waals surface area contributed by atoms with Crippen molar-refractivity contribution < 1.29 is 4.42 Å². The van der Waals surface area contributed by atoms with E-state index in [1.165, 1.54) is 6.42 Å². The monoisotopic (exact) mass is 222 g/mol. The number of hydrogen-bond donors (Lipinski definition) is 1. The first-order chi connectivity index (χ1) is 7.57. The number of nitrogens with one attached hydrogen (secondary N) is 1. The lowest BCUT2D eigenvalue weighted by atomic mass is 9.89. The van der Waals surface area contributed by atoms with Gasteiger partial charge in [-0.05, 0) is 44.5 Å². The van der Waals surface area contributed by atoms with E-state index in [1.54, 1.807) is 0 Å². The van der Waals surface area contributed by atoms with E-state index in [4.69, 9.17) is 4.42 Å². The molecule has 0 saturated carbocycles. The molecule has 0 bridgehead atoms. The summed E-state index contributed by atoms with van der Waals surface area (Å²) in [6.07, 6.45) is 1.27. The molecule has 1 aromatic heterocycles. The van der Waals surface area contributed by atoms with E-state index < -0.39 is 0 Å². The van der Waals surface area contributed by atoms with E-state index in [0.717, 1.165) is 37.7 Å². The van der Waals surface area contributed by atoms with Gasteiger partial charge in [-0.1, -0.05) is 6.92 Å². The van der Waals surface area contributed by atoms with Crippen molar-refractivity contribution in [2.45, 2.75) is 26.8 Å². The number of hydrogen-bond acceptors (Lipinski definition) is 3.